The molecule has 0 aromatic rings. The fourth-order valence-corrected chi connectivity index (χ4v) is 2.12. The maximum absolute atomic E-state index is 11.5. The zero-order chi connectivity index (χ0) is 12.7. The van der Waals surface area contributed by atoms with E-state index in [0.717, 1.165) is 31.0 Å². The van der Waals surface area contributed by atoms with Gasteiger partial charge in [0.25, 0.3) is 0 Å². The lowest BCUT2D eigenvalue weighted by molar-refractivity contribution is -0.149. The summed E-state index contributed by atoms with van der Waals surface area (Å²) in [5.41, 5.74) is 0. The summed E-state index contributed by atoms with van der Waals surface area (Å²) >= 11 is 5.25. The highest BCUT2D eigenvalue weighted by Gasteiger charge is 2.26. The molecule has 0 saturated carbocycles. The van der Waals surface area contributed by atoms with Crippen molar-refractivity contribution >= 4 is 23.3 Å². The van der Waals surface area contributed by atoms with Crippen LogP contribution in [-0.2, 0) is 9.53 Å². The Labute approximate surface area is 108 Å². The van der Waals surface area contributed by atoms with Gasteiger partial charge in [-0.3, -0.25) is 4.79 Å². The van der Waals surface area contributed by atoms with Crippen LogP contribution in [-0.4, -0.2) is 42.2 Å². The van der Waals surface area contributed by atoms with E-state index < -0.39 is 0 Å². The number of rotatable bonds is 4. The fourth-order valence-electron chi connectivity index (χ4n) is 1.85. The molecule has 17 heavy (non-hydrogen) atoms. The number of thiocarbonyl (C=S) groups is 1. The van der Waals surface area contributed by atoms with Crippen molar-refractivity contribution in [1.82, 2.24) is 10.2 Å². The highest BCUT2D eigenvalue weighted by Crippen LogP contribution is 2.18. The van der Waals surface area contributed by atoms with Crippen molar-refractivity contribution in [2.75, 3.05) is 26.2 Å². The Hall–Kier alpha value is -1.10. The molecule has 0 radical (unpaired) electrons. The maximum atomic E-state index is 11.5. The second kappa shape index (κ2) is 7.27. The second-order valence-corrected chi connectivity index (χ2v) is 4.37. The van der Waals surface area contributed by atoms with Crippen LogP contribution in [0, 0.1) is 5.92 Å². The number of carbonyl (C=O) groups excluding carboxylic acids is 1. The summed E-state index contributed by atoms with van der Waals surface area (Å²) < 4.78 is 5.02. The van der Waals surface area contributed by atoms with E-state index >= 15 is 0 Å². The fraction of sp³-hybridized carbons (Fsp3) is 0.667. The first-order valence-corrected chi connectivity index (χ1v) is 6.40. The summed E-state index contributed by atoms with van der Waals surface area (Å²) in [5.74, 6) is -0.0366. The number of nitrogens with one attached hydrogen (secondary N) is 1. The third-order valence-corrected chi connectivity index (χ3v) is 3.20. The van der Waals surface area contributed by atoms with Gasteiger partial charge >= 0.3 is 5.97 Å². The average Bonchev–Trinajstić information content (AvgIpc) is 2.36. The van der Waals surface area contributed by atoms with Gasteiger partial charge in [0.05, 0.1) is 12.5 Å². The molecule has 1 heterocycles. The van der Waals surface area contributed by atoms with Crippen LogP contribution in [0.5, 0.6) is 0 Å². The predicted octanol–water partition coefficient (Wildman–Crippen LogP) is 1.32. The third-order valence-electron chi connectivity index (χ3n) is 2.80. The zero-order valence-corrected chi connectivity index (χ0v) is 11.1. The lowest BCUT2D eigenvalue weighted by Gasteiger charge is -2.32. The van der Waals surface area contributed by atoms with E-state index in [9.17, 15) is 4.79 Å². The van der Waals surface area contributed by atoms with Crippen LogP contribution < -0.4 is 5.32 Å². The molecular weight excluding hydrogens is 236 g/mol. The van der Waals surface area contributed by atoms with Gasteiger partial charge in [-0.05, 0) is 32.0 Å². The van der Waals surface area contributed by atoms with Gasteiger partial charge in [0, 0.05) is 19.6 Å². The standard InChI is InChI=1S/C12H20N2O2S/c1-3-7-13-12(17)14-8-5-10(6-9-14)11(15)16-4-2/h3,10H,1,4-9H2,2H3,(H,13,17). The van der Waals surface area contributed by atoms with Crippen molar-refractivity contribution in [3.8, 4) is 0 Å². The van der Waals surface area contributed by atoms with E-state index in [-0.39, 0.29) is 11.9 Å². The number of hydrogen-bond acceptors (Lipinski definition) is 3. The molecule has 0 bridgehead atoms. The molecule has 0 aromatic heterocycles. The summed E-state index contributed by atoms with van der Waals surface area (Å²) in [7, 11) is 0. The van der Waals surface area contributed by atoms with E-state index in [2.05, 4.69) is 16.8 Å². The zero-order valence-electron chi connectivity index (χ0n) is 10.3. The van der Waals surface area contributed by atoms with E-state index in [0.29, 0.717) is 13.2 Å². The molecule has 0 atom stereocenters. The Morgan fingerprint density at radius 2 is 2.24 bits per heavy atom. The molecule has 1 saturated heterocycles. The molecule has 1 N–H and O–H groups in total. The first-order chi connectivity index (χ1) is 8.19. The molecule has 1 aliphatic rings. The third kappa shape index (κ3) is 4.34. The predicted molar refractivity (Wildman–Crippen MR) is 71.7 cm³/mol. The van der Waals surface area contributed by atoms with Gasteiger partial charge in [-0.15, -0.1) is 6.58 Å². The van der Waals surface area contributed by atoms with Crippen molar-refractivity contribution < 1.29 is 9.53 Å². The summed E-state index contributed by atoms with van der Waals surface area (Å²) in [4.78, 5) is 13.6. The quantitative estimate of drug-likeness (QED) is 0.467. The van der Waals surface area contributed by atoms with Gasteiger partial charge in [-0.1, -0.05) is 6.08 Å². The van der Waals surface area contributed by atoms with E-state index in [1.54, 1.807) is 6.08 Å². The molecule has 4 nitrogen and oxygen atoms in total. The number of ether oxygens (including phenoxy) is 1. The van der Waals surface area contributed by atoms with Gasteiger partial charge < -0.3 is 15.0 Å². The summed E-state index contributed by atoms with van der Waals surface area (Å²) in [6.07, 6.45) is 3.40. The second-order valence-electron chi connectivity index (χ2n) is 3.99. The van der Waals surface area contributed by atoms with E-state index in [1.165, 1.54) is 0 Å². The summed E-state index contributed by atoms with van der Waals surface area (Å²) in [6, 6.07) is 0. The van der Waals surface area contributed by atoms with Crippen LogP contribution in [0.1, 0.15) is 19.8 Å². The summed E-state index contributed by atoms with van der Waals surface area (Å²) in [5, 5.41) is 3.84. The van der Waals surface area contributed by atoms with Crippen LogP contribution in [0.4, 0.5) is 0 Å². The average molecular weight is 256 g/mol. The molecule has 1 aliphatic heterocycles. The van der Waals surface area contributed by atoms with Gasteiger partial charge in [0.1, 0.15) is 0 Å². The summed E-state index contributed by atoms with van der Waals surface area (Å²) in [6.45, 7) is 8.22. The van der Waals surface area contributed by atoms with Crippen LogP contribution >= 0.6 is 12.2 Å². The molecule has 0 aromatic carbocycles. The van der Waals surface area contributed by atoms with Crippen molar-refractivity contribution in [2.24, 2.45) is 5.92 Å². The molecule has 0 spiro atoms. The van der Waals surface area contributed by atoms with Crippen molar-refractivity contribution in [1.29, 1.82) is 0 Å². The van der Waals surface area contributed by atoms with Gasteiger partial charge in [-0.2, -0.15) is 0 Å². The van der Waals surface area contributed by atoms with Crippen molar-refractivity contribution in [3.63, 3.8) is 0 Å². The highest BCUT2D eigenvalue weighted by molar-refractivity contribution is 7.80. The minimum absolute atomic E-state index is 0.0356. The number of hydrogen-bond donors (Lipinski definition) is 1. The molecule has 0 aliphatic carbocycles. The minimum atomic E-state index is -0.0721. The Morgan fingerprint density at radius 3 is 2.76 bits per heavy atom. The largest absolute Gasteiger partial charge is 0.466 e. The number of nitrogens with zero attached hydrogens (tertiary/aromatic N) is 1. The molecule has 1 fully saturated rings. The monoisotopic (exact) mass is 256 g/mol. The lowest BCUT2D eigenvalue weighted by atomic mass is 9.97. The van der Waals surface area contributed by atoms with Crippen LogP contribution in [0.3, 0.4) is 0 Å². The lowest BCUT2D eigenvalue weighted by Crippen LogP contribution is -2.45. The van der Waals surface area contributed by atoms with Crippen LogP contribution in [0.2, 0.25) is 0 Å². The van der Waals surface area contributed by atoms with Gasteiger partial charge in [0.15, 0.2) is 5.11 Å². The molecule has 1 rings (SSSR count). The molecule has 96 valence electrons. The molecule has 0 amide bonds. The van der Waals surface area contributed by atoms with E-state index in [4.69, 9.17) is 17.0 Å². The van der Waals surface area contributed by atoms with Gasteiger partial charge in [-0.25, -0.2) is 0 Å². The van der Waals surface area contributed by atoms with Crippen LogP contribution in [0.25, 0.3) is 0 Å². The number of likely N-dealkylation sites (tertiary alicyclic amines) is 1. The van der Waals surface area contributed by atoms with Crippen molar-refractivity contribution in [2.45, 2.75) is 19.8 Å². The smallest absolute Gasteiger partial charge is 0.309 e. The minimum Gasteiger partial charge on any atom is -0.466 e. The van der Waals surface area contributed by atoms with Crippen molar-refractivity contribution in [3.05, 3.63) is 12.7 Å². The molecule has 0 unspecified atom stereocenters. The first kappa shape index (κ1) is 14.0. The number of esters is 1. The Balaban J connectivity index is 2.32. The number of carbonyl (C=O) groups is 1. The maximum Gasteiger partial charge on any atom is 0.309 e. The van der Waals surface area contributed by atoms with Gasteiger partial charge in [0.2, 0.25) is 0 Å². The highest BCUT2D eigenvalue weighted by atomic mass is 32.1. The van der Waals surface area contributed by atoms with Crippen LogP contribution in [0.15, 0.2) is 12.7 Å². The van der Waals surface area contributed by atoms with E-state index in [1.807, 2.05) is 6.92 Å². The molecular formula is C12H20N2O2S. The number of piperidine rings is 1. The Morgan fingerprint density at radius 1 is 1.59 bits per heavy atom. The topological polar surface area (TPSA) is 41.6 Å². The molecule has 5 heteroatoms. The SMILES string of the molecule is C=CCNC(=S)N1CCC(C(=O)OCC)CC1. The first-order valence-electron chi connectivity index (χ1n) is 5.99. The Kier molecular flexibility index (Phi) is 5.97. The Bertz CT molecular complexity index is 286. The normalized spacial score (nSPS) is 16.4.